The van der Waals surface area contributed by atoms with Crippen molar-refractivity contribution in [3.63, 3.8) is 0 Å². The van der Waals surface area contributed by atoms with Crippen LogP contribution < -0.4 is 25.0 Å². The predicted octanol–water partition coefficient (Wildman–Crippen LogP) is 2.59. The fourth-order valence-corrected chi connectivity index (χ4v) is 3.85. The van der Waals surface area contributed by atoms with Crippen LogP contribution in [0.15, 0.2) is 36.4 Å². The first kappa shape index (κ1) is 18.7. The largest absolute Gasteiger partial charge is 0.489 e. The first-order valence-corrected chi connectivity index (χ1v) is 10.1. The zero-order chi connectivity index (χ0) is 20.7. The second-order valence-electron chi connectivity index (χ2n) is 7.92. The number of benzene rings is 2. The SMILES string of the molecule is O=C1COc2ccc(CN3c4ccc(F)cc4OC[C@@H]3CC(=O)NC3CC3)cc2N1. The lowest BCUT2D eigenvalue weighted by atomic mass is 10.1. The molecule has 0 radical (unpaired) electrons. The van der Waals surface area contributed by atoms with Crippen LogP contribution in [0.5, 0.6) is 11.5 Å². The van der Waals surface area contributed by atoms with Gasteiger partial charge in [-0.05, 0) is 42.7 Å². The second kappa shape index (κ2) is 7.51. The lowest BCUT2D eigenvalue weighted by Crippen LogP contribution is -2.45. The molecule has 7 nitrogen and oxygen atoms in total. The van der Waals surface area contributed by atoms with Crippen LogP contribution in [0.1, 0.15) is 24.8 Å². The molecule has 5 rings (SSSR count). The van der Waals surface area contributed by atoms with Crippen molar-refractivity contribution in [2.45, 2.75) is 37.9 Å². The van der Waals surface area contributed by atoms with Crippen LogP contribution in [0.4, 0.5) is 15.8 Å². The summed E-state index contributed by atoms with van der Waals surface area (Å²) in [6.45, 7) is 0.777. The number of anilines is 2. The van der Waals surface area contributed by atoms with Crippen LogP contribution in [-0.2, 0) is 16.1 Å². The van der Waals surface area contributed by atoms with Gasteiger partial charge in [0, 0.05) is 18.7 Å². The smallest absolute Gasteiger partial charge is 0.262 e. The molecule has 0 bridgehead atoms. The molecule has 1 atom stereocenters. The molecule has 0 aromatic heterocycles. The molecule has 2 N–H and O–H groups in total. The summed E-state index contributed by atoms with van der Waals surface area (Å²) >= 11 is 0. The second-order valence-corrected chi connectivity index (χ2v) is 7.92. The van der Waals surface area contributed by atoms with Gasteiger partial charge >= 0.3 is 0 Å². The van der Waals surface area contributed by atoms with E-state index >= 15 is 0 Å². The Hall–Kier alpha value is -3.29. The molecular weight excluding hydrogens is 389 g/mol. The maximum atomic E-state index is 13.7. The average Bonchev–Trinajstić information content (AvgIpc) is 3.53. The maximum absolute atomic E-state index is 13.7. The number of nitrogens with one attached hydrogen (secondary N) is 2. The summed E-state index contributed by atoms with van der Waals surface area (Å²) in [5, 5.41) is 5.83. The maximum Gasteiger partial charge on any atom is 0.262 e. The van der Waals surface area contributed by atoms with Gasteiger partial charge in [-0.15, -0.1) is 0 Å². The van der Waals surface area contributed by atoms with Crippen molar-refractivity contribution in [3.8, 4) is 11.5 Å². The van der Waals surface area contributed by atoms with Crippen LogP contribution in [-0.4, -0.2) is 37.1 Å². The Morgan fingerprint density at radius 2 is 2.03 bits per heavy atom. The summed E-state index contributed by atoms with van der Waals surface area (Å²) in [5.74, 6) is 0.521. The van der Waals surface area contributed by atoms with Gasteiger partial charge in [0.25, 0.3) is 5.91 Å². The Kier molecular flexibility index (Phi) is 4.69. The molecule has 0 saturated heterocycles. The van der Waals surface area contributed by atoms with Crippen molar-refractivity contribution >= 4 is 23.2 Å². The van der Waals surface area contributed by atoms with Crippen LogP contribution in [0.25, 0.3) is 0 Å². The number of hydrogen-bond donors (Lipinski definition) is 2. The third kappa shape index (κ3) is 3.90. The van der Waals surface area contributed by atoms with E-state index in [2.05, 4.69) is 15.5 Å². The van der Waals surface area contributed by atoms with Crippen molar-refractivity contribution < 1.29 is 23.5 Å². The number of halogens is 1. The van der Waals surface area contributed by atoms with E-state index in [0.29, 0.717) is 36.4 Å². The highest BCUT2D eigenvalue weighted by atomic mass is 19.1. The van der Waals surface area contributed by atoms with Crippen molar-refractivity contribution in [2.75, 3.05) is 23.4 Å². The molecule has 2 amide bonds. The lowest BCUT2D eigenvalue weighted by molar-refractivity contribution is -0.122. The molecule has 0 spiro atoms. The topological polar surface area (TPSA) is 79.9 Å². The molecule has 2 aliphatic heterocycles. The highest BCUT2D eigenvalue weighted by Gasteiger charge is 2.32. The van der Waals surface area contributed by atoms with Gasteiger partial charge in [0.1, 0.15) is 23.9 Å². The van der Waals surface area contributed by atoms with E-state index in [1.807, 2.05) is 18.2 Å². The molecule has 8 heteroatoms. The number of fused-ring (bicyclic) bond motifs is 2. The van der Waals surface area contributed by atoms with E-state index < -0.39 is 0 Å². The van der Waals surface area contributed by atoms with Crippen LogP contribution in [0, 0.1) is 5.82 Å². The number of hydrogen-bond acceptors (Lipinski definition) is 5. The van der Waals surface area contributed by atoms with E-state index in [9.17, 15) is 14.0 Å². The van der Waals surface area contributed by atoms with Crippen molar-refractivity contribution in [1.82, 2.24) is 5.32 Å². The molecule has 156 valence electrons. The Balaban J connectivity index is 1.41. The molecule has 2 aromatic rings. The third-order valence-electron chi connectivity index (χ3n) is 5.50. The van der Waals surface area contributed by atoms with E-state index in [1.165, 1.54) is 12.1 Å². The van der Waals surface area contributed by atoms with E-state index in [1.54, 1.807) is 6.07 Å². The molecule has 0 unspecified atom stereocenters. The van der Waals surface area contributed by atoms with Gasteiger partial charge < -0.3 is 25.0 Å². The quantitative estimate of drug-likeness (QED) is 0.791. The molecular formula is C22H22FN3O4. The molecule has 2 aromatic carbocycles. The summed E-state index contributed by atoms with van der Waals surface area (Å²) in [5.41, 5.74) is 2.30. The molecule has 2 heterocycles. The van der Waals surface area contributed by atoms with Gasteiger partial charge in [-0.2, -0.15) is 0 Å². The van der Waals surface area contributed by atoms with Crippen molar-refractivity contribution in [1.29, 1.82) is 0 Å². The highest BCUT2D eigenvalue weighted by Crippen LogP contribution is 2.37. The summed E-state index contributed by atoms with van der Waals surface area (Å²) < 4.78 is 24.9. The number of nitrogens with zero attached hydrogens (tertiary/aromatic N) is 1. The van der Waals surface area contributed by atoms with Gasteiger partial charge in [-0.25, -0.2) is 4.39 Å². The number of carbonyl (C=O) groups is 2. The Morgan fingerprint density at radius 3 is 2.87 bits per heavy atom. The number of amides is 2. The zero-order valence-electron chi connectivity index (χ0n) is 16.3. The predicted molar refractivity (Wildman–Crippen MR) is 108 cm³/mol. The van der Waals surface area contributed by atoms with Crippen molar-refractivity contribution in [3.05, 3.63) is 47.8 Å². The third-order valence-corrected chi connectivity index (χ3v) is 5.50. The van der Waals surface area contributed by atoms with E-state index in [-0.39, 0.29) is 36.7 Å². The minimum absolute atomic E-state index is 0.00670. The first-order valence-electron chi connectivity index (χ1n) is 10.1. The monoisotopic (exact) mass is 411 g/mol. The van der Waals surface area contributed by atoms with Gasteiger partial charge in [-0.3, -0.25) is 9.59 Å². The van der Waals surface area contributed by atoms with Gasteiger partial charge in [-0.1, -0.05) is 6.07 Å². The van der Waals surface area contributed by atoms with Crippen LogP contribution in [0.2, 0.25) is 0 Å². The van der Waals surface area contributed by atoms with Crippen LogP contribution in [0.3, 0.4) is 0 Å². The summed E-state index contributed by atoms with van der Waals surface area (Å²) in [6.07, 6.45) is 2.35. The summed E-state index contributed by atoms with van der Waals surface area (Å²) in [7, 11) is 0. The van der Waals surface area contributed by atoms with Crippen LogP contribution >= 0.6 is 0 Å². The van der Waals surface area contributed by atoms with E-state index in [4.69, 9.17) is 9.47 Å². The molecule has 30 heavy (non-hydrogen) atoms. The molecule has 1 saturated carbocycles. The normalized spacial score (nSPS) is 19.7. The zero-order valence-corrected chi connectivity index (χ0v) is 16.3. The van der Waals surface area contributed by atoms with Gasteiger partial charge in [0.05, 0.1) is 23.8 Å². The fraction of sp³-hybridized carbons (Fsp3) is 0.364. The number of rotatable bonds is 5. The van der Waals surface area contributed by atoms with E-state index in [0.717, 1.165) is 24.1 Å². The highest BCUT2D eigenvalue weighted by molar-refractivity contribution is 5.95. The minimum Gasteiger partial charge on any atom is -0.489 e. The lowest BCUT2D eigenvalue weighted by Gasteiger charge is -2.38. The number of ether oxygens (including phenoxy) is 2. The van der Waals surface area contributed by atoms with Gasteiger partial charge in [0.15, 0.2) is 6.61 Å². The molecule has 3 aliphatic rings. The van der Waals surface area contributed by atoms with Crippen molar-refractivity contribution in [2.24, 2.45) is 0 Å². The summed E-state index contributed by atoms with van der Waals surface area (Å²) in [6, 6.07) is 10.2. The molecule has 1 fully saturated rings. The Labute approximate surface area is 173 Å². The first-order chi connectivity index (χ1) is 14.5. The Morgan fingerprint density at radius 1 is 1.17 bits per heavy atom. The number of carbonyl (C=O) groups excluding carboxylic acids is 2. The fourth-order valence-electron chi connectivity index (χ4n) is 3.85. The minimum atomic E-state index is -0.368. The van der Waals surface area contributed by atoms with Gasteiger partial charge in [0.2, 0.25) is 5.91 Å². The molecule has 1 aliphatic carbocycles. The average molecular weight is 411 g/mol. The standard InChI is InChI=1S/C22H22FN3O4/c23-14-2-5-18-20(8-14)29-11-16(9-21(27)24-15-3-4-15)26(18)10-13-1-6-19-17(7-13)25-22(28)12-30-19/h1-2,5-8,15-16H,3-4,9-12H2,(H,24,27)(H,25,28)/t16-/m0/s1. The summed E-state index contributed by atoms with van der Waals surface area (Å²) in [4.78, 5) is 26.1. The Bertz CT molecular complexity index is 1010.